The van der Waals surface area contributed by atoms with Crippen LogP contribution in [-0.4, -0.2) is 31.3 Å². The number of hydrogen-bond acceptors (Lipinski definition) is 5. The second-order valence-electron chi connectivity index (χ2n) is 7.48. The third-order valence-corrected chi connectivity index (χ3v) is 4.91. The van der Waals surface area contributed by atoms with E-state index in [0.717, 1.165) is 12.6 Å². The van der Waals surface area contributed by atoms with E-state index in [2.05, 4.69) is 28.9 Å². The van der Waals surface area contributed by atoms with Crippen LogP contribution in [0.25, 0.3) is 28.0 Å². The number of ether oxygens (including phenoxy) is 1. The molecule has 0 amide bonds. The van der Waals surface area contributed by atoms with Gasteiger partial charge < -0.3 is 9.30 Å². The number of halogens is 1. The van der Waals surface area contributed by atoms with Gasteiger partial charge in [0.1, 0.15) is 5.82 Å². The van der Waals surface area contributed by atoms with Crippen LogP contribution in [0, 0.1) is 11.7 Å². The summed E-state index contributed by atoms with van der Waals surface area (Å²) in [6.07, 6.45) is 7.18. The predicted octanol–water partition coefficient (Wildman–Crippen LogP) is 3.81. The molecule has 4 aromatic heterocycles. The van der Waals surface area contributed by atoms with Crippen molar-refractivity contribution in [2.75, 3.05) is 7.11 Å². The summed E-state index contributed by atoms with van der Waals surface area (Å²) in [5.41, 5.74) is 2.83. The molecule has 0 bridgehead atoms. The van der Waals surface area contributed by atoms with Crippen LogP contribution >= 0.6 is 0 Å². The zero-order valence-corrected chi connectivity index (χ0v) is 17.0. The average Bonchev–Trinajstić information content (AvgIpc) is 3.15. The van der Waals surface area contributed by atoms with Crippen molar-refractivity contribution in [1.82, 2.24) is 24.1 Å². The molecule has 0 aliphatic rings. The lowest BCUT2D eigenvalue weighted by Gasteiger charge is -2.09. The van der Waals surface area contributed by atoms with Gasteiger partial charge in [0.05, 0.1) is 36.3 Å². The van der Waals surface area contributed by atoms with Crippen LogP contribution in [0.15, 0.2) is 53.8 Å². The van der Waals surface area contributed by atoms with Gasteiger partial charge in [-0.2, -0.15) is 5.10 Å². The van der Waals surface area contributed by atoms with Crippen molar-refractivity contribution < 1.29 is 9.13 Å². The zero-order valence-electron chi connectivity index (χ0n) is 17.0. The largest absolute Gasteiger partial charge is 0.481 e. The van der Waals surface area contributed by atoms with Crippen LogP contribution in [0.1, 0.15) is 20.3 Å². The first-order chi connectivity index (χ1) is 14.5. The number of aromatic nitrogens is 5. The molecule has 0 atom stereocenters. The van der Waals surface area contributed by atoms with Gasteiger partial charge in [0.2, 0.25) is 5.88 Å². The molecule has 0 aromatic carbocycles. The maximum absolute atomic E-state index is 13.8. The number of hydrogen-bond donors (Lipinski definition) is 0. The number of pyridine rings is 2. The van der Waals surface area contributed by atoms with E-state index >= 15 is 0 Å². The Kier molecular flexibility index (Phi) is 5.31. The van der Waals surface area contributed by atoms with Gasteiger partial charge in [-0.05, 0) is 30.5 Å². The van der Waals surface area contributed by atoms with Crippen LogP contribution in [0.4, 0.5) is 4.39 Å². The molecule has 0 N–H and O–H groups in total. The molecule has 7 nitrogen and oxygen atoms in total. The van der Waals surface area contributed by atoms with Crippen molar-refractivity contribution in [3.63, 3.8) is 0 Å². The van der Waals surface area contributed by atoms with Gasteiger partial charge in [-0.25, -0.2) is 18.9 Å². The lowest BCUT2D eigenvalue weighted by atomic mass is 10.1. The summed E-state index contributed by atoms with van der Waals surface area (Å²) >= 11 is 0. The number of methoxy groups -OCH3 is 1. The number of rotatable bonds is 6. The quantitative estimate of drug-likeness (QED) is 0.486. The van der Waals surface area contributed by atoms with Gasteiger partial charge >= 0.3 is 0 Å². The molecule has 8 heteroatoms. The molecule has 30 heavy (non-hydrogen) atoms. The number of aryl methyl sites for hydroxylation is 1. The van der Waals surface area contributed by atoms with E-state index in [4.69, 9.17) is 4.74 Å². The van der Waals surface area contributed by atoms with Crippen LogP contribution in [-0.2, 0) is 6.54 Å². The van der Waals surface area contributed by atoms with Crippen molar-refractivity contribution in [3.05, 3.63) is 65.2 Å². The fourth-order valence-corrected chi connectivity index (χ4v) is 3.25. The van der Waals surface area contributed by atoms with Gasteiger partial charge in [0.25, 0.3) is 5.56 Å². The molecule has 4 heterocycles. The zero-order chi connectivity index (χ0) is 21.3. The maximum atomic E-state index is 13.8. The number of fused-ring (bicyclic) bond motifs is 1. The Morgan fingerprint density at radius 3 is 2.70 bits per heavy atom. The van der Waals surface area contributed by atoms with Crippen LogP contribution < -0.4 is 10.3 Å². The first-order valence-electron chi connectivity index (χ1n) is 9.71. The second kappa shape index (κ2) is 8.06. The highest BCUT2D eigenvalue weighted by Crippen LogP contribution is 2.31. The monoisotopic (exact) mass is 407 g/mol. The van der Waals surface area contributed by atoms with Crippen molar-refractivity contribution in [1.29, 1.82) is 0 Å². The Hall–Kier alpha value is -3.55. The molecule has 0 unspecified atom stereocenters. The molecule has 0 saturated carbocycles. The van der Waals surface area contributed by atoms with E-state index in [9.17, 15) is 9.18 Å². The number of nitrogens with zero attached hydrogens (tertiary/aromatic N) is 5. The van der Waals surface area contributed by atoms with Crippen molar-refractivity contribution in [3.8, 4) is 28.3 Å². The lowest BCUT2D eigenvalue weighted by Crippen LogP contribution is -2.19. The second-order valence-corrected chi connectivity index (χ2v) is 7.48. The van der Waals surface area contributed by atoms with E-state index in [1.54, 1.807) is 39.8 Å². The molecule has 4 aromatic rings. The summed E-state index contributed by atoms with van der Waals surface area (Å²) in [6, 6.07) is 6.59. The van der Waals surface area contributed by atoms with Gasteiger partial charge in [0, 0.05) is 30.6 Å². The lowest BCUT2D eigenvalue weighted by molar-refractivity contribution is 0.398. The van der Waals surface area contributed by atoms with Crippen LogP contribution in [0.3, 0.4) is 0 Å². The standard InChI is InChI=1S/C22H22FN5O2/c1-14(2)4-7-27-8-5-15(10-20(27)29)19-6-9-28-21(26-19)18(13-25-28)17-11-16(23)12-24-22(17)30-3/h5-6,8-14H,4,7H2,1-3H3. The Morgan fingerprint density at radius 2 is 1.97 bits per heavy atom. The van der Waals surface area contributed by atoms with Crippen molar-refractivity contribution in [2.45, 2.75) is 26.8 Å². The molecule has 0 saturated heterocycles. The minimum atomic E-state index is -0.480. The van der Waals surface area contributed by atoms with Gasteiger partial charge in [-0.1, -0.05) is 13.8 Å². The van der Waals surface area contributed by atoms with Gasteiger partial charge in [-0.3, -0.25) is 4.79 Å². The first-order valence-corrected chi connectivity index (χ1v) is 9.71. The summed E-state index contributed by atoms with van der Waals surface area (Å²) in [5, 5.41) is 4.29. The average molecular weight is 407 g/mol. The summed E-state index contributed by atoms with van der Waals surface area (Å²) in [4.78, 5) is 21.2. The maximum Gasteiger partial charge on any atom is 0.251 e. The molecule has 154 valence electrons. The fourth-order valence-electron chi connectivity index (χ4n) is 3.25. The highest BCUT2D eigenvalue weighted by Gasteiger charge is 2.16. The van der Waals surface area contributed by atoms with E-state index in [0.29, 0.717) is 40.5 Å². The van der Waals surface area contributed by atoms with E-state index in [-0.39, 0.29) is 11.4 Å². The van der Waals surface area contributed by atoms with Crippen LogP contribution in [0.5, 0.6) is 5.88 Å². The summed E-state index contributed by atoms with van der Waals surface area (Å²) in [6.45, 7) is 4.94. The minimum absolute atomic E-state index is 0.0699. The Morgan fingerprint density at radius 1 is 1.13 bits per heavy atom. The van der Waals surface area contributed by atoms with Gasteiger partial charge in [0.15, 0.2) is 5.65 Å². The third kappa shape index (κ3) is 3.80. The first kappa shape index (κ1) is 19.8. The highest BCUT2D eigenvalue weighted by molar-refractivity contribution is 5.81. The topological polar surface area (TPSA) is 74.3 Å². The fraction of sp³-hybridized carbons (Fsp3) is 0.273. The highest BCUT2D eigenvalue weighted by atomic mass is 19.1. The Labute approximate surface area is 172 Å². The molecule has 0 aliphatic heterocycles. The van der Waals surface area contributed by atoms with Crippen molar-refractivity contribution >= 4 is 5.65 Å². The minimum Gasteiger partial charge on any atom is -0.481 e. The Bertz CT molecular complexity index is 1260. The summed E-state index contributed by atoms with van der Waals surface area (Å²) in [5.74, 6) is 0.327. The normalized spacial score (nSPS) is 11.4. The third-order valence-electron chi connectivity index (χ3n) is 4.91. The van der Waals surface area contributed by atoms with Gasteiger partial charge in [-0.15, -0.1) is 0 Å². The van der Waals surface area contributed by atoms with E-state index in [1.165, 1.54) is 13.2 Å². The van der Waals surface area contributed by atoms with E-state index < -0.39 is 5.82 Å². The summed E-state index contributed by atoms with van der Waals surface area (Å²) < 4.78 is 22.4. The molecule has 0 aliphatic carbocycles. The van der Waals surface area contributed by atoms with Crippen LogP contribution in [0.2, 0.25) is 0 Å². The predicted molar refractivity (Wildman–Crippen MR) is 112 cm³/mol. The smallest absolute Gasteiger partial charge is 0.251 e. The molecule has 0 radical (unpaired) electrons. The molecular weight excluding hydrogens is 385 g/mol. The summed E-state index contributed by atoms with van der Waals surface area (Å²) in [7, 11) is 1.47. The Balaban J connectivity index is 1.76. The van der Waals surface area contributed by atoms with Crippen molar-refractivity contribution in [2.24, 2.45) is 5.92 Å². The SMILES string of the molecule is COc1ncc(F)cc1-c1cnn2ccc(-c3ccn(CCC(C)C)c(=O)c3)nc12. The van der Waals surface area contributed by atoms with E-state index in [1.807, 2.05) is 6.07 Å². The molecular formula is C22H22FN5O2. The molecule has 0 fully saturated rings. The molecule has 4 rings (SSSR count). The molecule has 0 spiro atoms.